The van der Waals surface area contributed by atoms with Crippen molar-refractivity contribution in [2.45, 2.75) is 26.8 Å². The third-order valence-corrected chi connectivity index (χ3v) is 2.70. The van der Waals surface area contributed by atoms with Crippen LogP contribution >= 0.6 is 0 Å². The number of hydrogen-bond acceptors (Lipinski definition) is 3. The SMILES string of the molecule is CCNC(COCC)c1ccc(C)cc1OC. The van der Waals surface area contributed by atoms with Crippen LogP contribution in [0, 0.1) is 6.92 Å². The maximum atomic E-state index is 5.51. The second-order valence-corrected chi connectivity index (χ2v) is 4.02. The summed E-state index contributed by atoms with van der Waals surface area (Å²) in [7, 11) is 1.71. The molecule has 0 spiro atoms. The summed E-state index contributed by atoms with van der Waals surface area (Å²) in [4.78, 5) is 0. The average Bonchev–Trinajstić information content (AvgIpc) is 2.34. The number of benzene rings is 1. The Hall–Kier alpha value is -1.06. The van der Waals surface area contributed by atoms with Crippen molar-refractivity contribution in [2.75, 3.05) is 26.9 Å². The van der Waals surface area contributed by atoms with Crippen molar-refractivity contribution in [1.29, 1.82) is 0 Å². The zero-order valence-electron chi connectivity index (χ0n) is 11.2. The Labute approximate surface area is 104 Å². The summed E-state index contributed by atoms with van der Waals surface area (Å²) in [5.41, 5.74) is 2.37. The third kappa shape index (κ3) is 4.02. The molecule has 0 amide bonds. The number of rotatable bonds is 7. The summed E-state index contributed by atoms with van der Waals surface area (Å²) in [6, 6.07) is 6.47. The first-order valence-electron chi connectivity index (χ1n) is 6.18. The normalized spacial score (nSPS) is 12.5. The molecular weight excluding hydrogens is 214 g/mol. The molecule has 1 atom stereocenters. The Morgan fingerprint density at radius 3 is 2.65 bits per heavy atom. The van der Waals surface area contributed by atoms with Gasteiger partial charge in [0.05, 0.1) is 19.8 Å². The zero-order valence-corrected chi connectivity index (χ0v) is 11.2. The summed E-state index contributed by atoms with van der Waals surface area (Å²) >= 11 is 0. The molecule has 0 radical (unpaired) electrons. The van der Waals surface area contributed by atoms with E-state index in [1.807, 2.05) is 6.92 Å². The van der Waals surface area contributed by atoms with Crippen LogP contribution < -0.4 is 10.1 Å². The summed E-state index contributed by atoms with van der Waals surface area (Å²) in [6.07, 6.45) is 0. The van der Waals surface area contributed by atoms with Crippen molar-refractivity contribution in [1.82, 2.24) is 5.32 Å². The monoisotopic (exact) mass is 237 g/mol. The van der Waals surface area contributed by atoms with Gasteiger partial charge in [-0.05, 0) is 32.0 Å². The van der Waals surface area contributed by atoms with Crippen LogP contribution in [0.2, 0.25) is 0 Å². The fourth-order valence-corrected chi connectivity index (χ4v) is 1.85. The molecular formula is C14H23NO2. The van der Waals surface area contributed by atoms with Gasteiger partial charge in [0.2, 0.25) is 0 Å². The minimum atomic E-state index is 0.190. The molecule has 3 nitrogen and oxygen atoms in total. The molecule has 1 N–H and O–H groups in total. The van der Waals surface area contributed by atoms with Crippen LogP contribution in [0.25, 0.3) is 0 Å². The van der Waals surface area contributed by atoms with Gasteiger partial charge < -0.3 is 14.8 Å². The first-order chi connectivity index (χ1) is 8.22. The minimum Gasteiger partial charge on any atom is -0.496 e. The lowest BCUT2D eigenvalue weighted by Crippen LogP contribution is -2.25. The number of hydrogen-bond donors (Lipinski definition) is 1. The highest BCUT2D eigenvalue weighted by molar-refractivity contribution is 5.39. The van der Waals surface area contributed by atoms with E-state index >= 15 is 0 Å². The van der Waals surface area contributed by atoms with Crippen LogP contribution in [0.15, 0.2) is 18.2 Å². The van der Waals surface area contributed by atoms with E-state index in [2.05, 4.69) is 37.4 Å². The van der Waals surface area contributed by atoms with E-state index in [1.165, 1.54) is 5.56 Å². The highest BCUT2D eigenvalue weighted by atomic mass is 16.5. The molecule has 0 saturated heterocycles. The highest BCUT2D eigenvalue weighted by Crippen LogP contribution is 2.26. The van der Waals surface area contributed by atoms with Crippen LogP contribution in [0.1, 0.15) is 31.0 Å². The standard InChI is InChI=1S/C14H23NO2/c1-5-15-13(10-17-6-2)12-8-7-11(3)9-14(12)16-4/h7-9,13,15H,5-6,10H2,1-4H3. The Morgan fingerprint density at radius 1 is 1.29 bits per heavy atom. The largest absolute Gasteiger partial charge is 0.496 e. The Balaban J connectivity index is 2.91. The van der Waals surface area contributed by atoms with Gasteiger partial charge in [-0.3, -0.25) is 0 Å². The van der Waals surface area contributed by atoms with E-state index in [1.54, 1.807) is 7.11 Å². The minimum absolute atomic E-state index is 0.190. The van der Waals surface area contributed by atoms with Crippen molar-refractivity contribution in [3.8, 4) is 5.75 Å². The van der Waals surface area contributed by atoms with Gasteiger partial charge in [-0.15, -0.1) is 0 Å². The molecule has 0 aliphatic rings. The zero-order chi connectivity index (χ0) is 12.7. The second kappa shape index (κ2) is 7.30. The van der Waals surface area contributed by atoms with Gasteiger partial charge in [0, 0.05) is 12.2 Å². The molecule has 1 aromatic carbocycles. The van der Waals surface area contributed by atoms with Crippen molar-refractivity contribution in [2.24, 2.45) is 0 Å². The Bertz CT molecular complexity index is 339. The number of ether oxygens (including phenoxy) is 2. The topological polar surface area (TPSA) is 30.5 Å². The number of aryl methyl sites for hydroxylation is 1. The predicted octanol–water partition coefficient (Wildman–Crippen LogP) is 2.69. The van der Waals surface area contributed by atoms with E-state index in [0.29, 0.717) is 6.61 Å². The molecule has 0 heterocycles. The Morgan fingerprint density at radius 2 is 2.06 bits per heavy atom. The van der Waals surface area contributed by atoms with Gasteiger partial charge in [0.15, 0.2) is 0 Å². The van der Waals surface area contributed by atoms with E-state index in [-0.39, 0.29) is 6.04 Å². The van der Waals surface area contributed by atoms with Gasteiger partial charge in [-0.2, -0.15) is 0 Å². The summed E-state index contributed by atoms with van der Waals surface area (Å²) < 4.78 is 11.0. The first kappa shape index (κ1) is 14.0. The summed E-state index contributed by atoms with van der Waals surface area (Å²) in [5.74, 6) is 0.927. The van der Waals surface area contributed by atoms with Gasteiger partial charge >= 0.3 is 0 Å². The van der Waals surface area contributed by atoms with Crippen LogP contribution in [0.3, 0.4) is 0 Å². The fourth-order valence-electron chi connectivity index (χ4n) is 1.85. The molecule has 1 aromatic rings. The van der Waals surface area contributed by atoms with Gasteiger partial charge in [0.1, 0.15) is 5.75 Å². The molecule has 96 valence electrons. The molecule has 1 unspecified atom stereocenters. The smallest absolute Gasteiger partial charge is 0.123 e. The lowest BCUT2D eigenvalue weighted by molar-refractivity contribution is 0.122. The molecule has 0 bridgehead atoms. The summed E-state index contributed by atoms with van der Waals surface area (Å²) in [6.45, 7) is 8.49. The molecule has 0 aromatic heterocycles. The average molecular weight is 237 g/mol. The highest BCUT2D eigenvalue weighted by Gasteiger charge is 2.15. The second-order valence-electron chi connectivity index (χ2n) is 4.02. The number of likely N-dealkylation sites (N-methyl/N-ethyl adjacent to an activating group) is 1. The molecule has 0 saturated carbocycles. The van der Waals surface area contributed by atoms with Gasteiger partial charge in [-0.1, -0.05) is 19.1 Å². The van der Waals surface area contributed by atoms with Gasteiger partial charge in [-0.25, -0.2) is 0 Å². The number of methoxy groups -OCH3 is 1. The van der Waals surface area contributed by atoms with E-state index in [4.69, 9.17) is 9.47 Å². The van der Waals surface area contributed by atoms with E-state index in [0.717, 1.165) is 24.5 Å². The molecule has 3 heteroatoms. The fraction of sp³-hybridized carbons (Fsp3) is 0.571. The first-order valence-corrected chi connectivity index (χ1v) is 6.18. The maximum Gasteiger partial charge on any atom is 0.123 e. The quantitative estimate of drug-likeness (QED) is 0.791. The van der Waals surface area contributed by atoms with Crippen molar-refractivity contribution in [3.05, 3.63) is 29.3 Å². The molecule has 17 heavy (non-hydrogen) atoms. The molecule has 0 aliphatic carbocycles. The third-order valence-electron chi connectivity index (χ3n) is 2.70. The van der Waals surface area contributed by atoms with Gasteiger partial charge in [0.25, 0.3) is 0 Å². The Kier molecular flexibility index (Phi) is 6.01. The lowest BCUT2D eigenvalue weighted by atomic mass is 10.0. The maximum absolute atomic E-state index is 5.51. The number of nitrogens with one attached hydrogen (secondary N) is 1. The van der Waals surface area contributed by atoms with Crippen molar-refractivity contribution >= 4 is 0 Å². The van der Waals surface area contributed by atoms with Crippen LogP contribution in [-0.4, -0.2) is 26.9 Å². The lowest BCUT2D eigenvalue weighted by Gasteiger charge is -2.20. The van der Waals surface area contributed by atoms with Crippen molar-refractivity contribution < 1.29 is 9.47 Å². The summed E-state index contributed by atoms with van der Waals surface area (Å²) in [5, 5.41) is 3.42. The van der Waals surface area contributed by atoms with Crippen LogP contribution in [0.4, 0.5) is 0 Å². The molecule has 0 fully saturated rings. The predicted molar refractivity (Wildman–Crippen MR) is 70.6 cm³/mol. The molecule has 1 rings (SSSR count). The van der Waals surface area contributed by atoms with E-state index < -0.39 is 0 Å². The molecule has 0 aliphatic heterocycles. The van der Waals surface area contributed by atoms with Crippen LogP contribution in [0.5, 0.6) is 5.75 Å². The van der Waals surface area contributed by atoms with Crippen LogP contribution in [-0.2, 0) is 4.74 Å². The van der Waals surface area contributed by atoms with Crippen molar-refractivity contribution in [3.63, 3.8) is 0 Å². The van der Waals surface area contributed by atoms with E-state index in [9.17, 15) is 0 Å².